The van der Waals surface area contributed by atoms with Crippen LogP contribution in [0.3, 0.4) is 0 Å². The summed E-state index contributed by atoms with van der Waals surface area (Å²) >= 11 is 0. The van der Waals surface area contributed by atoms with Gasteiger partial charge in [0.15, 0.2) is 6.29 Å². The Balaban J connectivity index is 1.78. The van der Waals surface area contributed by atoms with E-state index >= 15 is 0 Å². The molecule has 2 aliphatic carbocycles. The van der Waals surface area contributed by atoms with Gasteiger partial charge >= 0.3 is 0 Å². The number of methoxy groups -OCH3 is 2. The number of hydrogen-bond donors (Lipinski definition) is 0. The minimum absolute atomic E-state index is 0.125. The van der Waals surface area contributed by atoms with Gasteiger partial charge in [0.05, 0.1) is 0 Å². The van der Waals surface area contributed by atoms with E-state index in [1.165, 1.54) is 40.3 Å². The maximum absolute atomic E-state index is 5.64. The monoisotopic (exact) mass is 325 g/mol. The smallest absolute Gasteiger partial charge is 0.160 e. The number of benzene rings is 1. The van der Waals surface area contributed by atoms with Crippen LogP contribution in [-0.2, 0) is 15.9 Å². The zero-order chi connectivity index (χ0) is 16.8. The average Bonchev–Trinajstić information content (AvgIpc) is 3.12. The summed E-state index contributed by atoms with van der Waals surface area (Å²) < 4.78 is 11.3. The first-order valence-electron chi connectivity index (χ1n) is 9.10. The zero-order valence-corrected chi connectivity index (χ0v) is 15.1. The third-order valence-electron chi connectivity index (χ3n) is 6.31. The number of nitrogens with zero attached hydrogens (tertiary/aromatic N) is 1. The molecule has 3 heteroatoms. The van der Waals surface area contributed by atoms with Crippen LogP contribution < -0.4 is 0 Å². The minimum atomic E-state index is -0.125. The molecule has 4 atom stereocenters. The van der Waals surface area contributed by atoms with Crippen molar-refractivity contribution < 1.29 is 9.47 Å². The lowest BCUT2D eigenvalue weighted by atomic mass is 9.83. The van der Waals surface area contributed by atoms with E-state index in [4.69, 9.17) is 9.47 Å². The molecule has 3 nitrogen and oxygen atoms in total. The van der Waals surface area contributed by atoms with Crippen LogP contribution in [0.1, 0.15) is 55.2 Å². The second kappa shape index (κ2) is 6.12. The highest BCUT2D eigenvalue weighted by Crippen LogP contribution is 2.48. The molecular weight excluding hydrogens is 298 g/mol. The Morgan fingerprint density at radius 2 is 1.88 bits per heavy atom. The first-order valence-corrected chi connectivity index (χ1v) is 9.10. The summed E-state index contributed by atoms with van der Waals surface area (Å²) in [5.74, 6) is 2.12. The molecule has 24 heavy (non-hydrogen) atoms. The standard InChI is InChI=1S/C21H27NO2/c1-12-5-6-17(19(12)21(23-3)24-4)14-8-15-7-13(2)18-11-22-10-16(9-14)20(15)18/h8-13,17,19,21H,5-7H2,1-4H3. The number of aromatic nitrogens is 1. The van der Waals surface area contributed by atoms with Crippen molar-refractivity contribution in [3.63, 3.8) is 0 Å². The predicted molar refractivity (Wildman–Crippen MR) is 96.3 cm³/mol. The summed E-state index contributed by atoms with van der Waals surface area (Å²) in [7, 11) is 3.52. The molecule has 0 radical (unpaired) electrons. The van der Waals surface area contributed by atoms with Gasteiger partial charge < -0.3 is 9.47 Å². The van der Waals surface area contributed by atoms with Gasteiger partial charge in [0, 0.05) is 37.9 Å². The molecule has 4 rings (SSSR count). The van der Waals surface area contributed by atoms with Gasteiger partial charge in [-0.2, -0.15) is 0 Å². The molecule has 1 aromatic carbocycles. The zero-order valence-electron chi connectivity index (χ0n) is 15.1. The van der Waals surface area contributed by atoms with Crippen molar-refractivity contribution in [3.8, 4) is 0 Å². The molecule has 0 spiro atoms. The molecule has 0 bridgehead atoms. The van der Waals surface area contributed by atoms with Crippen molar-refractivity contribution in [1.29, 1.82) is 0 Å². The Kier molecular flexibility index (Phi) is 4.09. The fourth-order valence-electron chi connectivity index (χ4n) is 5.14. The second-order valence-corrected chi connectivity index (χ2v) is 7.69. The highest BCUT2D eigenvalue weighted by Gasteiger charge is 2.40. The first-order chi connectivity index (χ1) is 11.6. The molecule has 128 valence electrons. The Morgan fingerprint density at radius 3 is 2.62 bits per heavy atom. The van der Waals surface area contributed by atoms with Gasteiger partial charge in [-0.1, -0.05) is 19.9 Å². The molecular formula is C21H27NO2. The van der Waals surface area contributed by atoms with Gasteiger partial charge in [-0.3, -0.25) is 4.98 Å². The van der Waals surface area contributed by atoms with E-state index in [0.717, 1.165) is 6.42 Å². The van der Waals surface area contributed by atoms with E-state index in [0.29, 0.717) is 23.7 Å². The SMILES string of the molecule is COC(OC)C1C(C)CCC1c1cc2c3c(cncc3c1)C(C)C2. The van der Waals surface area contributed by atoms with E-state index in [1.807, 2.05) is 6.20 Å². The van der Waals surface area contributed by atoms with Gasteiger partial charge in [-0.25, -0.2) is 0 Å². The van der Waals surface area contributed by atoms with Crippen LogP contribution in [0.5, 0.6) is 0 Å². The fourth-order valence-corrected chi connectivity index (χ4v) is 5.14. The molecule has 0 amide bonds. The third-order valence-corrected chi connectivity index (χ3v) is 6.31. The molecule has 1 heterocycles. The maximum atomic E-state index is 5.64. The topological polar surface area (TPSA) is 31.4 Å². The first kappa shape index (κ1) is 16.0. The van der Waals surface area contributed by atoms with Gasteiger partial charge in [0.1, 0.15) is 0 Å². The van der Waals surface area contributed by atoms with Crippen LogP contribution >= 0.6 is 0 Å². The molecule has 1 saturated carbocycles. The fraction of sp³-hybridized carbons (Fsp3) is 0.571. The minimum Gasteiger partial charge on any atom is -0.356 e. The van der Waals surface area contributed by atoms with Crippen LogP contribution in [0, 0.1) is 11.8 Å². The molecule has 1 fully saturated rings. The lowest BCUT2D eigenvalue weighted by Gasteiger charge is -2.30. The number of pyridine rings is 1. The van der Waals surface area contributed by atoms with Crippen molar-refractivity contribution in [2.24, 2.45) is 11.8 Å². The Bertz CT molecular complexity index is 753. The van der Waals surface area contributed by atoms with E-state index in [9.17, 15) is 0 Å². The van der Waals surface area contributed by atoms with E-state index in [-0.39, 0.29) is 6.29 Å². The number of hydrogen-bond acceptors (Lipinski definition) is 3. The maximum Gasteiger partial charge on any atom is 0.160 e. The van der Waals surface area contributed by atoms with Crippen molar-refractivity contribution >= 4 is 10.8 Å². The Hall–Kier alpha value is -1.45. The third kappa shape index (κ3) is 2.37. The number of ether oxygens (including phenoxy) is 2. The molecule has 2 aliphatic rings. The summed E-state index contributed by atoms with van der Waals surface area (Å²) in [6, 6.07) is 4.82. The molecule has 4 unspecified atom stereocenters. The van der Waals surface area contributed by atoms with Crippen molar-refractivity contribution in [1.82, 2.24) is 4.98 Å². The lowest BCUT2D eigenvalue weighted by Crippen LogP contribution is -2.30. The molecule has 0 aliphatic heterocycles. The Morgan fingerprint density at radius 1 is 1.08 bits per heavy atom. The summed E-state index contributed by atoms with van der Waals surface area (Å²) in [6.45, 7) is 4.64. The van der Waals surface area contributed by atoms with E-state index in [1.54, 1.807) is 14.2 Å². The van der Waals surface area contributed by atoms with Gasteiger partial charge in [0.25, 0.3) is 0 Å². The van der Waals surface area contributed by atoms with Crippen LogP contribution in [0.15, 0.2) is 24.5 Å². The second-order valence-electron chi connectivity index (χ2n) is 7.69. The quantitative estimate of drug-likeness (QED) is 0.767. The van der Waals surface area contributed by atoms with Crippen molar-refractivity contribution in [2.45, 2.75) is 51.2 Å². The summed E-state index contributed by atoms with van der Waals surface area (Å²) in [5.41, 5.74) is 4.35. The highest BCUT2D eigenvalue weighted by atomic mass is 16.7. The van der Waals surface area contributed by atoms with Crippen LogP contribution in [-0.4, -0.2) is 25.5 Å². The predicted octanol–water partition coefficient (Wildman–Crippen LogP) is 4.64. The summed E-state index contributed by atoms with van der Waals surface area (Å²) in [4.78, 5) is 4.49. The highest BCUT2D eigenvalue weighted by molar-refractivity contribution is 5.91. The average molecular weight is 325 g/mol. The molecule has 2 aromatic rings. The number of rotatable bonds is 4. The van der Waals surface area contributed by atoms with Gasteiger partial charge in [-0.05, 0) is 65.2 Å². The molecule has 1 aromatic heterocycles. The van der Waals surface area contributed by atoms with Gasteiger partial charge in [0.2, 0.25) is 0 Å². The molecule has 0 N–H and O–H groups in total. The van der Waals surface area contributed by atoms with Crippen LogP contribution in [0.2, 0.25) is 0 Å². The largest absolute Gasteiger partial charge is 0.356 e. The van der Waals surface area contributed by atoms with Crippen LogP contribution in [0.25, 0.3) is 10.8 Å². The normalized spacial score (nSPS) is 29.0. The summed E-state index contributed by atoms with van der Waals surface area (Å²) in [5, 5.41) is 2.74. The van der Waals surface area contributed by atoms with Crippen molar-refractivity contribution in [3.05, 3.63) is 41.2 Å². The van der Waals surface area contributed by atoms with Crippen molar-refractivity contribution in [2.75, 3.05) is 14.2 Å². The lowest BCUT2D eigenvalue weighted by molar-refractivity contribution is -0.147. The molecule has 0 saturated heterocycles. The van der Waals surface area contributed by atoms with Crippen LogP contribution in [0.4, 0.5) is 0 Å². The van der Waals surface area contributed by atoms with E-state index in [2.05, 4.69) is 37.2 Å². The summed E-state index contributed by atoms with van der Waals surface area (Å²) in [6.07, 6.45) is 7.54. The van der Waals surface area contributed by atoms with Gasteiger partial charge in [-0.15, -0.1) is 0 Å². The Labute approximate surface area is 144 Å². The van der Waals surface area contributed by atoms with E-state index < -0.39 is 0 Å².